The second kappa shape index (κ2) is 10.1. The fourth-order valence-electron chi connectivity index (χ4n) is 3.04. The van der Waals surface area contributed by atoms with Crippen LogP contribution in [0.5, 0.6) is 11.5 Å². The fraction of sp³-hybridized carbons (Fsp3) is 0.450. The Morgan fingerprint density at radius 2 is 1.89 bits per heavy atom. The van der Waals surface area contributed by atoms with E-state index in [0.29, 0.717) is 36.7 Å². The van der Waals surface area contributed by atoms with Gasteiger partial charge >= 0.3 is 0 Å². The molecule has 1 aliphatic rings. The number of aliphatic hydroxyl groups excluding tert-OH is 2. The molecule has 5 unspecified atom stereocenters. The van der Waals surface area contributed by atoms with E-state index < -0.39 is 26.6 Å². The van der Waals surface area contributed by atoms with Crippen molar-refractivity contribution in [2.45, 2.75) is 43.6 Å². The van der Waals surface area contributed by atoms with Crippen LogP contribution in [0.25, 0.3) is 0 Å². The molecule has 3 N–H and O–H groups in total. The van der Waals surface area contributed by atoms with Crippen molar-refractivity contribution in [3.8, 4) is 11.5 Å². The quantitative estimate of drug-likeness (QED) is 0.577. The third kappa shape index (κ3) is 5.87. The maximum atomic E-state index is 10.3. The van der Waals surface area contributed by atoms with Crippen LogP contribution in [0.4, 0.5) is 0 Å². The highest BCUT2D eigenvalue weighted by Crippen LogP contribution is 2.37. The van der Waals surface area contributed by atoms with Gasteiger partial charge in [-0.2, -0.15) is 0 Å². The molecule has 1 fully saturated rings. The molecule has 2 heterocycles. The number of benzene rings is 1. The summed E-state index contributed by atoms with van der Waals surface area (Å²) in [4.78, 5) is 14.5. The van der Waals surface area contributed by atoms with Gasteiger partial charge in [-0.1, -0.05) is 6.07 Å². The van der Waals surface area contributed by atoms with E-state index >= 15 is 0 Å². The molecule has 2 aromatic rings. The number of aliphatic hydroxyl groups is 2. The standard InChI is InChI=1S/C20H26NO6P/c1-25-15-5-7-16(8-6-15)26-20-19(23)18(22)12-17(27-20)9-11-28(24)13-14-4-2-3-10-21-14/h2-8,10,17-20,22-24H,9,11-13H2,1H3. The molecule has 7 nitrogen and oxygen atoms in total. The number of aromatic nitrogens is 1. The van der Waals surface area contributed by atoms with E-state index in [2.05, 4.69) is 4.98 Å². The van der Waals surface area contributed by atoms with E-state index in [1.54, 1.807) is 37.6 Å². The van der Waals surface area contributed by atoms with Crippen LogP contribution in [0.2, 0.25) is 0 Å². The topological polar surface area (TPSA) is 101 Å². The zero-order valence-corrected chi connectivity index (χ0v) is 16.6. The van der Waals surface area contributed by atoms with E-state index in [0.717, 1.165) is 5.69 Å². The molecule has 0 amide bonds. The van der Waals surface area contributed by atoms with Gasteiger partial charge in [0.1, 0.15) is 17.6 Å². The van der Waals surface area contributed by atoms with Crippen molar-refractivity contribution in [3.63, 3.8) is 0 Å². The van der Waals surface area contributed by atoms with Crippen LogP contribution in [-0.4, -0.2) is 58.0 Å². The second-order valence-corrected chi connectivity index (χ2v) is 8.49. The summed E-state index contributed by atoms with van der Waals surface area (Å²) in [5, 5.41) is 20.4. The van der Waals surface area contributed by atoms with Crippen LogP contribution in [0.15, 0.2) is 48.7 Å². The molecule has 0 bridgehead atoms. The van der Waals surface area contributed by atoms with Crippen LogP contribution in [0.1, 0.15) is 18.5 Å². The minimum atomic E-state index is -1.22. The maximum absolute atomic E-state index is 10.3. The first-order valence-electron chi connectivity index (χ1n) is 9.21. The molecule has 8 heteroatoms. The summed E-state index contributed by atoms with van der Waals surface area (Å²) in [6.45, 7) is 0. The lowest BCUT2D eigenvalue weighted by atomic mass is 10.0. The van der Waals surface area contributed by atoms with Crippen molar-refractivity contribution in [1.29, 1.82) is 0 Å². The zero-order chi connectivity index (χ0) is 19.9. The van der Waals surface area contributed by atoms with E-state index in [1.807, 2.05) is 18.2 Å². The SMILES string of the molecule is COc1ccc(OC2OC(CCP(O)Cc3ccccn3)CC(O)C2O)cc1. The van der Waals surface area contributed by atoms with Gasteiger partial charge in [-0.25, -0.2) is 0 Å². The molecule has 3 rings (SSSR count). The first kappa shape index (κ1) is 21.0. The summed E-state index contributed by atoms with van der Waals surface area (Å²) in [5.41, 5.74) is 0.858. The Kier molecular flexibility index (Phi) is 7.59. The molecule has 0 spiro atoms. The minimum Gasteiger partial charge on any atom is -0.497 e. The van der Waals surface area contributed by atoms with Crippen molar-refractivity contribution < 1.29 is 29.3 Å². The van der Waals surface area contributed by atoms with Crippen molar-refractivity contribution in [2.75, 3.05) is 13.3 Å². The first-order valence-corrected chi connectivity index (χ1v) is 10.9. The van der Waals surface area contributed by atoms with Crippen LogP contribution < -0.4 is 9.47 Å². The molecule has 28 heavy (non-hydrogen) atoms. The Morgan fingerprint density at radius 3 is 2.57 bits per heavy atom. The predicted octanol–water partition coefficient (Wildman–Crippen LogP) is 2.29. The normalized spacial score (nSPS) is 25.9. The summed E-state index contributed by atoms with van der Waals surface area (Å²) in [5.74, 6) is 1.21. The van der Waals surface area contributed by atoms with E-state index in [1.165, 1.54) is 0 Å². The fourth-order valence-corrected chi connectivity index (χ4v) is 4.34. The van der Waals surface area contributed by atoms with Gasteiger partial charge in [0.15, 0.2) is 0 Å². The molecular formula is C20H26NO6P. The van der Waals surface area contributed by atoms with Crippen LogP contribution in [0.3, 0.4) is 0 Å². The largest absolute Gasteiger partial charge is 0.497 e. The minimum absolute atomic E-state index is 0.302. The van der Waals surface area contributed by atoms with Gasteiger partial charge in [0, 0.05) is 32.6 Å². The molecule has 1 saturated heterocycles. The molecule has 0 aliphatic carbocycles. The number of methoxy groups -OCH3 is 1. The maximum Gasteiger partial charge on any atom is 0.228 e. The summed E-state index contributed by atoms with van der Waals surface area (Å²) >= 11 is 0. The highest BCUT2D eigenvalue weighted by atomic mass is 31.1. The summed E-state index contributed by atoms with van der Waals surface area (Å²) in [7, 11) is 0.362. The Morgan fingerprint density at radius 1 is 1.14 bits per heavy atom. The Labute approximate surface area is 165 Å². The second-order valence-electron chi connectivity index (χ2n) is 6.71. The van der Waals surface area contributed by atoms with Gasteiger partial charge < -0.3 is 29.3 Å². The Balaban J connectivity index is 1.52. The first-order chi connectivity index (χ1) is 13.5. The Bertz CT molecular complexity index is 716. The van der Waals surface area contributed by atoms with E-state index in [9.17, 15) is 15.1 Å². The van der Waals surface area contributed by atoms with Crippen molar-refractivity contribution in [3.05, 3.63) is 54.4 Å². The number of rotatable bonds is 8. The lowest BCUT2D eigenvalue weighted by Gasteiger charge is -2.37. The number of hydrogen-bond donors (Lipinski definition) is 3. The summed E-state index contributed by atoms with van der Waals surface area (Å²) in [6, 6.07) is 12.5. The number of pyridine rings is 1. The average molecular weight is 407 g/mol. The highest BCUT2D eigenvalue weighted by Gasteiger charge is 2.38. The van der Waals surface area contributed by atoms with Crippen LogP contribution in [-0.2, 0) is 10.9 Å². The number of nitrogens with zero attached hydrogens (tertiary/aromatic N) is 1. The molecule has 0 radical (unpaired) electrons. The molecule has 152 valence electrons. The molecule has 1 aromatic carbocycles. The Hall–Kier alpha value is -1.76. The average Bonchev–Trinajstić information content (AvgIpc) is 2.71. The van der Waals surface area contributed by atoms with Gasteiger partial charge in [0.2, 0.25) is 6.29 Å². The summed E-state index contributed by atoms with van der Waals surface area (Å²) in [6.07, 6.45) is 0.323. The highest BCUT2D eigenvalue weighted by molar-refractivity contribution is 7.50. The summed E-state index contributed by atoms with van der Waals surface area (Å²) < 4.78 is 16.7. The van der Waals surface area contributed by atoms with Crippen LogP contribution >= 0.6 is 8.15 Å². The van der Waals surface area contributed by atoms with Gasteiger partial charge in [0.25, 0.3) is 0 Å². The van der Waals surface area contributed by atoms with Crippen LogP contribution in [0, 0.1) is 0 Å². The van der Waals surface area contributed by atoms with Crippen molar-refractivity contribution in [2.24, 2.45) is 0 Å². The zero-order valence-electron chi connectivity index (χ0n) is 15.7. The molecular weight excluding hydrogens is 381 g/mol. The van der Waals surface area contributed by atoms with Crippen molar-refractivity contribution in [1.82, 2.24) is 4.98 Å². The van der Waals surface area contributed by atoms with Gasteiger partial charge in [0.05, 0.1) is 19.3 Å². The predicted molar refractivity (Wildman–Crippen MR) is 105 cm³/mol. The third-order valence-electron chi connectivity index (χ3n) is 4.60. The van der Waals surface area contributed by atoms with Gasteiger partial charge in [-0.05, 0) is 49.0 Å². The molecule has 5 atom stereocenters. The van der Waals surface area contributed by atoms with E-state index in [4.69, 9.17) is 14.2 Å². The van der Waals surface area contributed by atoms with Gasteiger partial charge in [-0.3, -0.25) is 4.98 Å². The lowest BCUT2D eigenvalue weighted by Crippen LogP contribution is -2.51. The molecule has 1 aromatic heterocycles. The monoisotopic (exact) mass is 407 g/mol. The third-order valence-corrected chi connectivity index (χ3v) is 6.06. The number of ether oxygens (including phenoxy) is 3. The molecule has 0 saturated carbocycles. The van der Waals surface area contributed by atoms with E-state index in [-0.39, 0.29) is 6.10 Å². The van der Waals surface area contributed by atoms with Gasteiger partial charge in [-0.15, -0.1) is 0 Å². The molecule has 1 aliphatic heterocycles. The number of hydrogen-bond acceptors (Lipinski definition) is 7. The smallest absolute Gasteiger partial charge is 0.228 e. The van der Waals surface area contributed by atoms with Crippen molar-refractivity contribution >= 4 is 8.15 Å². The lowest BCUT2D eigenvalue weighted by molar-refractivity contribution is -0.235.